The summed E-state index contributed by atoms with van der Waals surface area (Å²) >= 11 is 0. The normalized spacial score (nSPS) is 26.1. The molecule has 0 aliphatic carbocycles. The van der Waals surface area contributed by atoms with E-state index in [9.17, 15) is 0 Å². The SMILES string of the molecule is C#CC1CCC=CO1. The second kappa shape index (κ2) is 2.42. The Morgan fingerprint density at radius 2 is 2.62 bits per heavy atom. The third-order valence-electron chi connectivity index (χ3n) is 1.12. The fraction of sp³-hybridized carbons (Fsp3) is 0.429. The molecule has 1 unspecified atom stereocenters. The smallest absolute Gasteiger partial charge is 0.158 e. The lowest BCUT2D eigenvalue weighted by molar-refractivity contribution is 0.173. The first-order valence-corrected chi connectivity index (χ1v) is 2.70. The summed E-state index contributed by atoms with van der Waals surface area (Å²) in [5, 5.41) is 0. The van der Waals surface area contributed by atoms with E-state index in [1.807, 2.05) is 6.08 Å². The molecule has 1 rings (SSSR count). The van der Waals surface area contributed by atoms with Gasteiger partial charge in [0.25, 0.3) is 0 Å². The van der Waals surface area contributed by atoms with Crippen molar-refractivity contribution < 1.29 is 4.74 Å². The summed E-state index contributed by atoms with van der Waals surface area (Å²) < 4.78 is 5.01. The summed E-state index contributed by atoms with van der Waals surface area (Å²) in [5.74, 6) is 2.53. The van der Waals surface area contributed by atoms with Crippen molar-refractivity contribution in [3.05, 3.63) is 12.3 Å². The van der Waals surface area contributed by atoms with Crippen LogP contribution in [-0.4, -0.2) is 6.10 Å². The first-order chi connectivity index (χ1) is 3.93. The van der Waals surface area contributed by atoms with Gasteiger partial charge in [0, 0.05) is 0 Å². The Bertz CT molecular complexity index is 130. The minimum atomic E-state index is 0.0278. The molecule has 1 heteroatoms. The van der Waals surface area contributed by atoms with Gasteiger partial charge in [-0.15, -0.1) is 6.42 Å². The minimum Gasteiger partial charge on any atom is -0.486 e. The van der Waals surface area contributed by atoms with Gasteiger partial charge in [0.2, 0.25) is 0 Å². The molecule has 0 fully saturated rings. The van der Waals surface area contributed by atoms with Crippen LogP contribution in [0.2, 0.25) is 0 Å². The van der Waals surface area contributed by atoms with Crippen molar-refractivity contribution in [2.75, 3.05) is 0 Å². The molecule has 0 amide bonds. The van der Waals surface area contributed by atoms with Crippen LogP contribution in [0, 0.1) is 12.3 Å². The molecule has 1 aliphatic rings. The number of ether oxygens (including phenoxy) is 1. The van der Waals surface area contributed by atoms with Gasteiger partial charge in [-0.05, 0) is 18.9 Å². The van der Waals surface area contributed by atoms with Crippen molar-refractivity contribution in [1.29, 1.82) is 0 Å². The molecule has 1 heterocycles. The van der Waals surface area contributed by atoms with Crippen molar-refractivity contribution >= 4 is 0 Å². The monoisotopic (exact) mass is 108 g/mol. The zero-order valence-corrected chi connectivity index (χ0v) is 4.63. The lowest BCUT2D eigenvalue weighted by Gasteiger charge is -2.12. The Balaban J connectivity index is 2.41. The van der Waals surface area contributed by atoms with E-state index in [1.165, 1.54) is 0 Å². The van der Waals surface area contributed by atoms with Crippen molar-refractivity contribution in [2.45, 2.75) is 18.9 Å². The van der Waals surface area contributed by atoms with Gasteiger partial charge < -0.3 is 4.74 Å². The standard InChI is InChI=1S/C7H8O/c1-2-7-5-3-4-6-8-7/h1,4,6-7H,3,5H2. The predicted molar refractivity (Wildman–Crippen MR) is 32.1 cm³/mol. The number of hydrogen-bond acceptors (Lipinski definition) is 1. The maximum atomic E-state index is 5.09. The molecule has 1 aliphatic heterocycles. The van der Waals surface area contributed by atoms with Crippen molar-refractivity contribution in [3.63, 3.8) is 0 Å². The maximum Gasteiger partial charge on any atom is 0.158 e. The first kappa shape index (κ1) is 5.24. The lowest BCUT2D eigenvalue weighted by Crippen LogP contribution is -2.08. The third kappa shape index (κ3) is 1.04. The highest BCUT2D eigenvalue weighted by Crippen LogP contribution is 2.07. The zero-order valence-electron chi connectivity index (χ0n) is 4.63. The highest BCUT2D eigenvalue weighted by molar-refractivity contribution is 4.99. The van der Waals surface area contributed by atoms with E-state index >= 15 is 0 Å². The highest BCUT2D eigenvalue weighted by atomic mass is 16.5. The van der Waals surface area contributed by atoms with Crippen molar-refractivity contribution in [1.82, 2.24) is 0 Å². The summed E-state index contributed by atoms with van der Waals surface area (Å²) in [6, 6.07) is 0. The minimum absolute atomic E-state index is 0.0278. The molecule has 0 saturated heterocycles. The van der Waals surface area contributed by atoms with Crippen LogP contribution in [0.15, 0.2) is 12.3 Å². The molecular weight excluding hydrogens is 100 g/mol. The molecule has 0 aromatic heterocycles. The van der Waals surface area contributed by atoms with Crippen LogP contribution < -0.4 is 0 Å². The van der Waals surface area contributed by atoms with Gasteiger partial charge in [0.05, 0.1) is 6.26 Å². The van der Waals surface area contributed by atoms with Crippen molar-refractivity contribution in [3.8, 4) is 12.3 Å². The number of terminal acetylenes is 1. The van der Waals surface area contributed by atoms with Crippen molar-refractivity contribution in [2.24, 2.45) is 0 Å². The quantitative estimate of drug-likeness (QED) is 0.425. The second-order valence-electron chi connectivity index (χ2n) is 1.74. The Kier molecular flexibility index (Phi) is 1.58. The van der Waals surface area contributed by atoms with Crippen LogP contribution >= 0.6 is 0 Å². The van der Waals surface area contributed by atoms with Crippen LogP contribution in [0.25, 0.3) is 0 Å². The van der Waals surface area contributed by atoms with Gasteiger partial charge in [-0.2, -0.15) is 0 Å². The van der Waals surface area contributed by atoms with Crippen LogP contribution in [0.3, 0.4) is 0 Å². The maximum absolute atomic E-state index is 5.09. The molecule has 0 saturated carbocycles. The Morgan fingerprint density at radius 1 is 1.75 bits per heavy atom. The summed E-state index contributed by atoms with van der Waals surface area (Å²) in [6.45, 7) is 0. The van der Waals surface area contributed by atoms with Gasteiger partial charge >= 0.3 is 0 Å². The average Bonchev–Trinajstić information content (AvgIpc) is 1.90. The Hall–Kier alpha value is -0.900. The van der Waals surface area contributed by atoms with Crippen LogP contribution in [0.1, 0.15) is 12.8 Å². The second-order valence-corrected chi connectivity index (χ2v) is 1.74. The fourth-order valence-electron chi connectivity index (χ4n) is 0.657. The topological polar surface area (TPSA) is 9.23 Å². The zero-order chi connectivity index (χ0) is 5.82. The van der Waals surface area contributed by atoms with E-state index in [0.29, 0.717) is 0 Å². The summed E-state index contributed by atoms with van der Waals surface area (Å²) in [7, 11) is 0. The summed E-state index contributed by atoms with van der Waals surface area (Å²) in [5.41, 5.74) is 0. The molecule has 0 N–H and O–H groups in total. The van der Waals surface area contributed by atoms with Gasteiger partial charge in [-0.25, -0.2) is 0 Å². The number of rotatable bonds is 0. The molecule has 0 aromatic rings. The Morgan fingerprint density at radius 3 is 3.00 bits per heavy atom. The van der Waals surface area contributed by atoms with Gasteiger partial charge in [0.15, 0.2) is 6.10 Å². The van der Waals surface area contributed by atoms with Crippen LogP contribution in [0.5, 0.6) is 0 Å². The van der Waals surface area contributed by atoms with E-state index in [2.05, 4.69) is 5.92 Å². The van der Waals surface area contributed by atoms with E-state index in [0.717, 1.165) is 12.8 Å². The lowest BCUT2D eigenvalue weighted by atomic mass is 10.2. The molecule has 0 aromatic carbocycles. The average molecular weight is 108 g/mol. The fourth-order valence-corrected chi connectivity index (χ4v) is 0.657. The van der Waals surface area contributed by atoms with E-state index in [4.69, 9.17) is 11.2 Å². The van der Waals surface area contributed by atoms with E-state index < -0.39 is 0 Å². The molecular formula is C7H8O. The summed E-state index contributed by atoms with van der Waals surface area (Å²) in [6.07, 6.45) is 10.8. The van der Waals surface area contributed by atoms with Gasteiger partial charge in [-0.1, -0.05) is 5.92 Å². The molecule has 0 bridgehead atoms. The van der Waals surface area contributed by atoms with Gasteiger partial charge in [0.1, 0.15) is 0 Å². The highest BCUT2D eigenvalue weighted by Gasteiger charge is 2.04. The number of hydrogen-bond donors (Lipinski definition) is 0. The van der Waals surface area contributed by atoms with Crippen LogP contribution in [-0.2, 0) is 4.74 Å². The molecule has 1 atom stereocenters. The predicted octanol–water partition coefficient (Wildman–Crippen LogP) is 1.31. The molecule has 0 spiro atoms. The number of allylic oxidation sites excluding steroid dienone is 1. The molecule has 0 radical (unpaired) electrons. The molecule has 42 valence electrons. The van der Waals surface area contributed by atoms with E-state index in [-0.39, 0.29) is 6.10 Å². The largest absolute Gasteiger partial charge is 0.486 e. The van der Waals surface area contributed by atoms with E-state index in [1.54, 1.807) is 6.26 Å². The summed E-state index contributed by atoms with van der Waals surface area (Å²) in [4.78, 5) is 0. The third-order valence-corrected chi connectivity index (χ3v) is 1.12. The molecule has 1 nitrogen and oxygen atoms in total. The molecule has 8 heavy (non-hydrogen) atoms. The van der Waals surface area contributed by atoms with Crippen LogP contribution in [0.4, 0.5) is 0 Å². The Labute approximate surface area is 49.3 Å². The van der Waals surface area contributed by atoms with Gasteiger partial charge in [-0.3, -0.25) is 0 Å². The first-order valence-electron chi connectivity index (χ1n) is 2.70.